The van der Waals surface area contributed by atoms with Crippen LogP contribution in [0.25, 0.3) is 0 Å². The number of nitrogens with one attached hydrogen (secondary N) is 1. The lowest BCUT2D eigenvalue weighted by Crippen LogP contribution is -2.24. The van der Waals surface area contributed by atoms with E-state index in [1.165, 1.54) is 13.3 Å². The Labute approximate surface area is 185 Å². The number of benzene rings is 3. The summed E-state index contributed by atoms with van der Waals surface area (Å²) in [7, 11) is 3.08. The van der Waals surface area contributed by atoms with Crippen molar-refractivity contribution in [1.82, 2.24) is 5.43 Å². The van der Waals surface area contributed by atoms with Crippen LogP contribution < -0.4 is 24.4 Å². The smallest absolute Gasteiger partial charge is 0.343 e. The number of nitrogens with zero attached hydrogens (tertiary/aromatic N) is 1. The number of hydrogen-bond acceptors (Lipinski definition) is 7. The zero-order valence-electron chi connectivity index (χ0n) is 17.6. The van der Waals surface area contributed by atoms with Crippen LogP contribution in [-0.2, 0) is 4.79 Å². The Balaban J connectivity index is 1.47. The van der Waals surface area contributed by atoms with Crippen LogP contribution in [0.4, 0.5) is 0 Å². The van der Waals surface area contributed by atoms with E-state index in [1.54, 1.807) is 79.9 Å². The van der Waals surface area contributed by atoms with Gasteiger partial charge < -0.3 is 18.9 Å². The Hall–Kier alpha value is -4.33. The lowest BCUT2D eigenvalue weighted by Gasteiger charge is -2.09. The van der Waals surface area contributed by atoms with E-state index in [-0.39, 0.29) is 6.61 Å². The first kappa shape index (κ1) is 22.4. The maximum atomic E-state index is 12.2. The van der Waals surface area contributed by atoms with Crippen LogP contribution in [0.1, 0.15) is 15.9 Å². The summed E-state index contributed by atoms with van der Waals surface area (Å²) in [6.07, 6.45) is 1.47. The van der Waals surface area contributed by atoms with Crippen LogP contribution in [-0.4, -0.2) is 38.9 Å². The average molecular weight is 434 g/mol. The van der Waals surface area contributed by atoms with Gasteiger partial charge in [-0.2, -0.15) is 5.10 Å². The molecule has 0 saturated heterocycles. The number of hydrogen-bond donors (Lipinski definition) is 1. The molecule has 0 bridgehead atoms. The van der Waals surface area contributed by atoms with E-state index >= 15 is 0 Å². The zero-order valence-corrected chi connectivity index (χ0v) is 17.6. The molecular formula is C24H22N2O6. The third kappa shape index (κ3) is 6.33. The maximum absolute atomic E-state index is 12.2. The Morgan fingerprint density at radius 2 is 1.50 bits per heavy atom. The summed E-state index contributed by atoms with van der Waals surface area (Å²) in [4.78, 5) is 24.1. The van der Waals surface area contributed by atoms with Crippen LogP contribution in [0.5, 0.6) is 23.0 Å². The summed E-state index contributed by atoms with van der Waals surface area (Å²) in [5, 5.41) is 3.90. The number of para-hydroxylation sites is 2. The van der Waals surface area contributed by atoms with E-state index in [2.05, 4.69) is 10.5 Å². The van der Waals surface area contributed by atoms with Crippen LogP contribution in [0, 0.1) is 0 Å². The Morgan fingerprint density at radius 3 is 2.16 bits per heavy atom. The molecule has 0 aromatic heterocycles. The molecule has 1 amide bonds. The van der Waals surface area contributed by atoms with Gasteiger partial charge in [-0.1, -0.05) is 12.1 Å². The minimum Gasteiger partial charge on any atom is -0.497 e. The van der Waals surface area contributed by atoms with E-state index in [9.17, 15) is 9.59 Å². The van der Waals surface area contributed by atoms with Crippen molar-refractivity contribution in [3.63, 3.8) is 0 Å². The van der Waals surface area contributed by atoms with E-state index in [4.69, 9.17) is 18.9 Å². The molecule has 0 radical (unpaired) electrons. The number of rotatable bonds is 9. The van der Waals surface area contributed by atoms with Crippen molar-refractivity contribution < 1.29 is 28.5 Å². The molecule has 0 fully saturated rings. The van der Waals surface area contributed by atoms with Crippen molar-refractivity contribution >= 4 is 18.1 Å². The van der Waals surface area contributed by atoms with E-state index < -0.39 is 11.9 Å². The average Bonchev–Trinajstić information content (AvgIpc) is 2.84. The molecule has 0 heterocycles. The SMILES string of the molecule is COc1ccc(C(=O)Oc2ccc(C=NNC(=O)COc3ccccc3OC)cc2)cc1. The van der Waals surface area contributed by atoms with E-state index in [0.29, 0.717) is 34.1 Å². The fourth-order valence-corrected chi connectivity index (χ4v) is 2.61. The minimum atomic E-state index is -0.476. The summed E-state index contributed by atoms with van der Waals surface area (Å²) in [6, 6.07) is 20.3. The number of esters is 1. The first-order chi connectivity index (χ1) is 15.6. The predicted octanol–water partition coefficient (Wildman–Crippen LogP) is 3.45. The number of ether oxygens (including phenoxy) is 4. The molecule has 0 aliphatic carbocycles. The van der Waals surface area contributed by atoms with Gasteiger partial charge in [-0.05, 0) is 66.2 Å². The second-order valence-corrected chi connectivity index (χ2v) is 6.42. The lowest BCUT2D eigenvalue weighted by molar-refractivity contribution is -0.123. The molecule has 1 N–H and O–H groups in total. The predicted molar refractivity (Wildman–Crippen MR) is 119 cm³/mol. The number of carbonyl (C=O) groups excluding carboxylic acids is 2. The molecule has 164 valence electrons. The Morgan fingerprint density at radius 1 is 0.844 bits per heavy atom. The first-order valence-electron chi connectivity index (χ1n) is 9.63. The number of amides is 1. The summed E-state index contributed by atoms with van der Waals surface area (Å²) in [6.45, 7) is -0.210. The van der Waals surface area contributed by atoms with Crippen molar-refractivity contribution in [3.8, 4) is 23.0 Å². The quantitative estimate of drug-likeness (QED) is 0.240. The molecule has 0 unspecified atom stereocenters. The largest absolute Gasteiger partial charge is 0.497 e. The van der Waals surface area contributed by atoms with Gasteiger partial charge in [0.15, 0.2) is 18.1 Å². The van der Waals surface area contributed by atoms with Crippen molar-refractivity contribution in [2.75, 3.05) is 20.8 Å². The monoisotopic (exact) mass is 434 g/mol. The third-order valence-corrected chi connectivity index (χ3v) is 4.25. The second kappa shape index (κ2) is 11.2. The molecule has 8 nitrogen and oxygen atoms in total. The van der Waals surface area contributed by atoms with E-state index in [0.717, 1.165) is 0 Å². The van der Waals surface area contributed by atoms with Gasteiger partial charge in [-0.15, -0.1) is 0 Å². The molecule has 0 aliphatic heterocycles. The van der Waals surface area contributed by atoms with Gasteiger partial charge in [0, 0.05) is 0 Å². The summed E-state index contributed by atoms with van der Waals surface area (Å²) in [5.74, 6) is 1.15. The number of methoxy groups -OCH3 is 2. The Bertz CT molecular complexity index is 1080. The summed E-state index contributed by atoms with van der Waals surface area (Å²) in [5.41, 5.74) is 3.51. The van der Waals surface area contributed by atoms with Crippen LogP contribution in [0.2, 0.25) is 0 Å². The van der Waals surface area contributed by atoms with Gasteiger partial charge in [0.25, 0.3) is 5.91 Å². The topological polar surface area (TPSA) is 95.5 Å². The molecular weight excluding hydrogens is 412 g/mol. The van der Waals surface area contributed by atoms with E-state index in [1.807, 2.05) is 0 Å². The van der Waals surface area contributed by atoms with Crippen molar-refractivity contribution in [3.05, 3.63) is 83.9 Å². The maximum Gasteiger partial charge on any atom is 0.343 e. The lowest BCUT2D eigenvalue weighted by atomic mass is 10.2. The second-order valence-electron chi connectivity index (χ2n) is 6.42. The molecule has 0 spiro atoms. The van der Waals surface area contributed by atoms with Gasteiger partial charge in [0.1, 0.15) is 11.5 Å². The number of carbonyl (C=O) groups is 2. The molecule has 3 rings (SSSR count). The van der Waals surface area contributed by atoms with Crippen LogP contribution in [0.15, 0.2) is 77.9 Å². The molecule has 8 heteroatoms. The highest BCUT2D eigenvalue weighted by molar-refractivity contribution is 5.91. The Kier molecular flexibility index (Phi) is 7.80. The highest BCUT2D eigenvalue weighted by Crippen LogP contribution is 2.25. The minimum absolute atomic E-state index is 0.210. The van der Waals surface area contributed by atoms with Gasteiger partial charge in [-0.25, -0.2) is 10.2 Å². The van der Waals surface area contributed by atoms with Gasteiger partial charge in [0.05, 0.1) is 26.0 Å². The van der Waals surface area contributed by atoms with Gasteiger partial charge in [-0.3, -0.25) is 4.79 Å². The van der Waals surface area contributed by atoms with Crippen molar-refractivity contribution in [2.24, 2.45) is 5.10 Å². The third-order valence-electron chi connectivity index (χ3n) is 4.25. The molecule has 0 aliphatic rings. The zero-order chi connectivity index (χ0) is 22.8. The van der Waals surface area contributed by atoms with Crippen LogP contribution in [0.3, 0.4) is 0 Å². The fourth-order valence-electron chi connectivity index (χ4n) is 2.61. The normalized spacial score (nSPS) is 10.4. The molecule has 0 saturated carbocycles. The fraction of sp³-hybridized carbons (Fsp3) is 0.125. The van der Waals surface area contributed by atoms with Crippen molar-refractivity contribution in [2.45, 2.75) is 0 Å². The van der Waals surface area contributed by atoms with Crippen molar-refractivity contribution in [1.29, 1.82) is 0 Å². The van der Waals surface area contributed by atoms with Crippen LogP contribution >= 0.6 is 0 Å². The molecule has 0 atom stereocenters. The molecule has 32 heavy (non-hydrogen) atoms. The standard InChI is InChI=1S/C24H22N2O6/c1-29-19-13-9-18(10-14-19)24(28)32-20-11-7-17(8-12-20)15-25-26-23(27)16-31-22-6-4-3-5-21(22)30-2/h3-15H,16H2,1-2H3,(H,26,27). The highest BCUT2D eigenvalue weighted by atomic mass is 16.5. The number of hydrazone groups is 1. The summed E-state index contributed by atoms with van der Waals surface area (Å²) >= 11 is 0. The van der Waals surface area contributed by atoms with Gasteiger partial charge in [0.2, 0.25) is 0 Å². The molecule has 3 aromatic carbocycles. The van der Waals surface area contributed by atoms with Gasteiger partial charge >= 0.3 is 5.97 Å². The highest BCUT2D eigenvalue weighted by Gasteiger charge is 2.09. The molecule has 3 aromatic rings. The first-order valence-corrected chi connectivity index (χ1v) is 9.63. The summed E-state index contributed by atoms with van der Waals surface area (Å²) < 4.78 is 21.0.